The molecule has 1 heterocycles. The normalized spacial score (nSPS) is 21.8. The summed E-state index contributed by atoms with van der Waals surface area (Å²) in [5, 5.41) is 4.25. The van der Waals surface area contributed by atoms with Crippen molar-refractivity contribution < 1.29 is 19.1 Å². The van der Waals surface area contributed by atoms with Gasteiger partial charge in [0.2, 0.25) is 0 Å². The second-order valence-corrected chi connectivity index (χ2v) is 6.43. The van der Waals surface area contributed by atoms with Crippen molar-refractivity contribution in [2.75, 3.05) is 33.4 Å². The van der Waals surface area contributed by atoms with Gasteiger partial charge >= 0.3 is 0 Å². The molecule has 0 bridgehead atoms. The van der Waals surface area contributed by atoms with E-state index in [4.69, 9.17) is 14.3 Å². The fraction of sp³-hybridized carbons (Fsp3) is 0.579. The Labute approximate surface area is 148 Å². The molecule has 1 aromatic carbocycles. The van der Waals surface area contributed by atoms with Crippen LogP contribution in [-0.2, 0) is 20.8 Å². The Morgan fingerprint density at radius 2 is 2.28 bits per heavy atom. The van der Waals surface area contributed by atoms with Crippen LogP contribution < -0.4 is 4.74 Å². The number of aryl methyl sites for hydroxylation is 1. The van der Waals surface area contributed by atoms with Gasteiger partial charge in [-0.2, -0.15) is 0 Å². The number of methoxy groups -OCH3 is 1. The van der Waals surface area contributed by atoms with E-state index < -0.39 is 0 Å². The maximum absolute atomic E-state index is 12.3. The number of oxime groups is 1. The minimum absolute atomic E-state index is 0.0224. The summed E-state index contributed by atoms with van der Waals surface area (Å²) in [6, 6.07) is 6.00. The molecule has 1 saturated heterocycles. The maximum Gasteiger partial charge on any atom is 0.263 e. The Hall–Kier alpha value is -2.08. The fourth-order valence-corrected chi connectivity index (χ4v) is 3.31. The molecule has 2 aliphatic rings. The van der Waals surface area contributed by atoms with Crippen LogP contribution in [-0.4, -0.2) is 56.0 Å². The van der Waals surface area contributed by atoms with E-state index in [2.05, 4.69) is 12.1 Å². The Balaban J connectivity index is 1.59. The smallest absolute Gasteiger partial charge is 0.263 e. The summed E-state index contributed by atoms with van der Waals surface area (Å²) >= 11 is 0. The summed E-state index contributed by atoms with van der Waals surface area (Å²) in [5.41, 5.74) is 3.22. The number of fused-ring (bicyclic) bond motifs is 1. The Bertz CT molecular complexity index is 644. The van der Waals surface area contributed by atoms with Gasteiger partial charge in [0.05, 0.1) is 25.5 Å². The SMILES string of the molecule is CCC1CN(C(=O)CO/N=C2/CCCc3cc(OC)ccc32)CCO1. The second kappa shape index (κ2) is 8.34. The first-order chi connectivity index (χ1) is 12.2. The van der Waals surface area contributed by atoms with E-state index in [1.165, 1.54) is 5.56 Å². The average molecular weight is 346 g/mol. The van der Waals surface area contributed by atoms with Gasteiger partial charge in [-0.05, 0) is 49.4 Å². The number of hydrogen-bond acceptors (Lipinski definition) is 5. The molecule has 0 aromatic heterocycles. The molecule has 1 fully saturated rings. The van der Waals surface area contributed by atoms with Gasteiger partial charge in [-0.25, -0.2) is 0 Å². The molecule has 0 N–H and O–H groups in total. The van der Waals surface area contributed by atoms with E-state index in [9.17, 15) is 4.79 Å². The van der Waals surface area contributed by atoms with Crippen molar-refractivity contribution in [1.82, 2.24) is 4.90 Å². The van der Waals surface area contributed by atoms with Crippen molar-refractivity contribution in [3.63, 3.8) is 0 Å². The largest absolute Gasteiger partial charge is 0.497 e. The van der Waals surface area contributed by atoms with Crippen LogP contribution >= 0.6 is 0 Å². The molecule has 136 valence electrons. The number of morpholine rings is 1. The highest BCUT2D eigenvalue weighted by Gasteiger charge is 2.23. The number of amides is 1. The first kappa shape index (κ1) is 17.7. The number of nitrogens with zero attached hydrogens (tertiary/aromatic N) is 2. The molecule has 1 amide bonds. The monoisotopic (exact) mass is 346 g/mol. The Morgan fingerprint density at radius 3 is 3.08 bits per heavy atom. The third-order valence-electron chi connectivity index (χ3n) is 4.79. The minimum atomic E-state index is -0.0307. The molecule has 0 spiro atoms. The summed E-state index contributed by atoms with van der Waals surface area (Å²) in [7, 11) is 1.67. The maximum atomic E-state index is 12.3. The van der Waals surface area contributed by atoms with Crippen LogP contribution in [0.15, 0.2) is 23.4 Å². The van der Waals surface area contributed by atoms with Crippen LogP contribution in [0.25, 0.3) is 0 Å². The minimum Gasteiger partial charge on any atom is -0.497 e. The average Bonchev–Trinajstić information content (AvgIpc) is 2.67. The molecule has 1 aliphatic carbocycles. The Kier molecular flexibility index (Phi) is 5.91. The lowest BCUT2D eigenvalue weighted by molar-refractivity contribution is -0.143. The molecule has 0 radical (unpaired) electrons. The topological polar surface area (TPSA) is 60.4 Å². The van der Waals surface area contributed by atoms with E-state index in [1.807, 2.05) is 18.2 Å². The van der Waals surface area contributed by atoms with Crippen molar-refractivity contribution >= 4 is 11.6 Å². The third-order valence-corrected chi connectivity index (χ3v) is 4.79. The summed E-state index contributed by atoms with van der Waals surface area (Å²) in [5.74, 6) is 0.825. The molecule has 6 heteroatoms. The third kappa shape index (κ3) is 4.31. The van der Waals surface area contributed by atoms with E-state index in [0.29, 0.717) is 19.7 Å². The van der Waals surface area contributed by atoms with E-state index in [0.717, 1.165) is 42.7 Å². The molecular formula is C19H26N2O4. The molecular weight excluding hydrogens is 320 g/mol. The number of benzene rings is 1. The highest BCUT2D eigenvalue weighted by atomic mass is 16.6. The highest BCUT2D eigenvalue weighted by Crippen LogP contribution is 2.26. The summed E-state index contributed by atoms with van der Waals surface area (Å²) < 4.78 is 10.9. The van der Waals surface area contributed by atoms with Crippen LogP contribution in [0.3, 0.4) is 0 Å². The van der Waals surface area contributed by atoms with Gasteiger partial charge in [-0.3, -0.25) is 4.79 Å². The predicted molar refractivity (Wildman–Crippen MR) is 95.0 cm³/mol. The van der Waals surface area contributed by atoms with E-state index >= 15 is 0 Å². The van der Waals surface area contributed by atoms with Gasteiger partial charge in [-0.1, -0.05) is 12.1 Å². The number of carbonyl (C=O) groups is 1. The first-order valence-electron chi connectivity index (χ1n) is 8.96. The van der Waals surface area contributed by atoms with Crippen LogP contribution in [0, 0.1) is 0 Å². The second-order valence-electron chi connectivity index (χ2n) is 6.43. The van der Waals surface area contributed by atoms with Gasteiger partial charge in [0.15, 0.2) is 6.61 Å². The lowest BCUT2D eigenvalue weighted by Crippen LogP contribution is -2.46. The lowest BCUT2D eigenvalue weighted by atomic mass is 9.90. The molecule has 25 heavy (non-hydrogen) atoms. The standard InChI is InChI=1S/C19H26N2O4/c1-3-15-12-21(9-10-24-15)19(22)13-25-20-18-6-4-5-14-11-16(23-2)7-8-17(14)18/h7-8,11,15H,3-6,9-10,12-13H2,1-2H3/b20-18-. The zero-order chi connectivity index (χ0) is 17.6. The van der Waals surface area contributed by atoms with Crippen molar-refractivity contribution in [3.05, 3.63) is 29.3 Å². The number of hydrogen-bond donors (Lipinski definition) is 0. The van der Waals surface area contributed by atoms with Crippen LogP contribution in [0.2, 0.25) is 0 Å². The van der Waals surface area contributed by atoms with Crippen molar-refractivity contribution in [1.29, 1.82) is 0 Å². The molecule has 1 aliphatic heterocycles. The van der Waals surface area contributed by atoms with E-state index in [1.54, 1.807) is 12.0 Å². The quantitative estimate of drug-likeness (QED) is 0.768. The molecule has 3 rings (SSSR count). The zero-order valence-electron chi connectivity index (χ0n) is 15.0. The van der Waals surface area contributed by atoms with Crippen LogP contribution in [0.1, 0.15) is 37.3 Å². The highest BCUT2D eigenvalue weighted by molar-refractivity contribution is 6.02. The first-order valence-corrected chi connectivity index (χ1v) is 8.96. The zero-order valence-corrected chi connectivity index (χ0v) is 15.0. The van der Waals surface area contributed by atoms with Crippen molar-refractivity contribution in [2.24, 2.45) is 5.16 Å². The molecule has 1 atom stereocenters. The fourth-order valence-electron chi connectivity index (χ4n) is 3.31. The number of rotatable bonds is 5. The summed E-state index contributed by atoms with van der Waals surface area (Å²) in [6.07, 6.45) is 3.94. The van der Waals surface area contributed by atoms with Gasteiger partial charge in [0, 0.05) is 18.7 Å². The molecule has 1 aromatic rings. The molecule has 6 nitrogen and oxygen atoms in total. The molecule has 1 unspecified atom stereocenters. The van der Waals surface area contributed by atoms with Crippen molar-refractivity contribution in [3.8, 4) is 5.75 Å². The van der Waals surface area contributed by atoms with E-state index in [-0.39, 0.29) is 18.6 Å². The van der Waals surface area contributed by atoms with Gasteiger partial charge < -0.3 is 19.2 Å². The predicted octanol–water partition coefficient (Wildman–Crippen LogP) is 2.39. The lowest BCUT2D eigenvalue weighted by Gasteiger charge is -2.32. The van der Waals surface area contributed by atoms with Crippen LogP contribution in [0.5, 0.6) is 5.75 Å². The van der Waals surface area contributed by atoms with Gasteiger partial charge in [0.25, 0.3) is 5.91 Å². The molecule has 0 saturated carbocycles. The summed E-state index contributed by atoms with van der Waals surface area (Å²) in [4.78, 5) is 19.5. The Morgan fingerprint density at radius 1 is 1.40 bits per heavy atom. The summed E-state index contributed by atoms with van der Waals surface area (Å²) in [6.45, 7) is 3.89. The number of ether oxygens (including phenoxy) is 2. The van der Waals surface area contributed by atoms with Crippen LogP contribution in [0.4, 0.5) is 0 Å². The van der Waals surface area contributed by atoms with Gasteiger partial charge in [-0.15, -0.1) is 0 Å². The van der Waals surface area contributed by atoms with Crippen molar-refractivity contribution in [2.45, 2.75) is 38.7 Å². The number of carbonyl (C=O) groups excluding carboxylic acids is 1. The van der Waals surface area contributed by atoms with Gasteiger partial charge in [0.1, 0.15) is 5.75 Å².